The molecular weight excluding hydrogens is 1820 g/mol. The summed E-state index contributed by atoms with van der Waals surface area (Å²) in [5, 5.41) is 56.7. The molecule has 149 heavy (non-hydrogen) atoms. The molecule has 18 nitrogen and oxygen atoms in total. The number of aromatic amines is 1. The Morgan fingerprint density at radius 3 is 0.926 bits per heavy atom. The number of fused-ring (bicyclic) bond motifs is 12. The number of pyridine rings is 2. The molecular formula is C130H79LiN17O+. The molecule has 0 saturated heterocycles. The van der Waals surface area contributed by atoms with Crippen molar-refractivity contribution in [1.82, 2.24) is 39.5 Å². The molecule has 0 aliphatic carbocycles. The maximum absolute atomic E-state index is 11.1. The molecule has 690 valence electrons. The van der Waals surface area contributed by atoms with Gasteiger partial charge in [-0.25, -0.2) is 24.9 Å². The molecule has 0 unspecified atom stereocenters. The maximum atomic E-state index is 11.1. The summed E-state index contributed by atoms with van der Waals surface area (Å²) in [5.74, 6) is -0.560. The zero-order valence-corrected chi connectivity index (χ0v) is 80.1. The van der Waals surface area contributed by atoms with Crippen LogP contribution in [0.3, 0.4) is 0 Å². The predicted molar refractivity (Wildman–Crippen MR) is 590 cm³/mol. The Hall–Kier alpha value is -21.0. The minimum absolute atomic E-state index is 0. The average Bonchev–Trinajstić information content (AvgIpc) is 1.17. The van der Waals surface area contributed by atoms with Crippen LogP contribution in [0.4, 0.5) is 45.8 Å². The van der Waals surface area contributed by atoms with Gasteiger partial charge < -0.3 is 29.2 Å². The molecule has 19 aromatic carbocycles. The van der Waals surface area contributed by atoms with Gasteiger partial charge in [0.1, 0.15) is 46.3 Å². The molecule has 0 aliphatic heterocycles. The van der Waals surface area contributed by atoms with Crippen LogP contribution in [0.25, 0.3) is 192 Å². The second-order valence-electron chi connectivity index (χ2n) is 34.9. The summed E-state index contributed by atoms with van der Waals surface area (Å²) >= 11 is 0. The van der Waals surface area contributed by atoms with Gasteiger partial charge in [-0.3, -0.25) is 4.98 Å². The van der Waals surface area contributed by atoms with E-state index in [1.54, 1.807) is 42.6 Å². The van der Waals surface area contributed by atoms with E-state index in [4.69, 9.17) is 13.1 Å². The van der Waals surface area contributed by atoms with Gasteiger partial charge in [0.05, 0.1) is 11.0 Å². The third-order valence-corrected chi connectivity index (χ3v) is 26.2. The number of anilines is 6. The molecule has 25 aromatic rings. The first-order chi connectivity index (χ1) is 73.0. The molecule has 0 amide bonds. The number of para-hydroxylation sites is 2. The van der Waals surface area contributed by atoms with Gasteiger partial charge in [-0.2, -0.15) is 21.0 Å². The van der Waals surface area contributed by atoms with Crippen molar-refractivity contribution in [1.29, 1.82) is 21.0 Å². The molecule has 0 fully saturated rings. The van der Waals surface area contributed by atoms with Gasteiger partial charge in [0.15, 0.2) is 29.0 Å². The minimum Gasteiger partial charge on any atom is -0.868 e. The fourth-order valence-electron chi connectivity index (χ4n) is 19.2. The summed E-state index contributed by atoms with van der Waals surface area (Å²) in [4.78, 5) is 43.2. The summed E-state index contributed by atoms with van der Waals surface area (Å²) in [6.07, 6.45) is 5.63. The minimum atomic E-state index is -0.303. The fraction of sp³-hybridized carbons (Fsp3) is 0. The molecule has 6 aromatic heterocycles. The van der Waals surface area contributed by atoms with Crippen LogP contribution in [0.2, 0.25) is 0 Å². The van der Waals surface area contributed by atoms with Crippen LogP contribution in [-0.2, 0) is 0 Å². The Kier molecular flexibility index (Phi) is 26.8. The van der Waals surface area contributed by atoms with Gasteiger partial charge in [0.2, 0.25) is 16.6 Å². The van der Waals surface area contributed by atoms with Crippen molar-refractivity contribution < 1.29 is 29.0 Å². The van der Waals surface area contributed by atoms with Crippen LogP contribution >= 0.6 is 0 Å². The summed E-state index contributed by atoms with van der Waals surface area (Å²) in [6, 6.07) is 169. The van der Waals surface area contributed by atoms with E-state index in [9.17, 15) is 26.2 Å². The normalized spacial score (nSPS) is 10.8. The fourth-order valence-corrected chi connectivity index (χ4v) is 19.2. The molecule has 0 bridgehead atoms. The van der Waals surface area contributed by atoms with E-state index in [2.05, 4.69) is 489 Å². The zero-order valence-electron chi connectivity index (χ0n) is 80.1. The first-order valence-corrected chi connectivity index (χ1v) is 47.7. The summed E-state index contributed by atoms with van der Waals surface area (Å²) in [7, 11) is 0. The van der Waals surface area contributed by atoms with E-state index in [1.807, 2.05) is 30.6 Å². The van der Waals surface area contributed by atoms with E-state index in [0.29, 0.717) is 5.52 Å². The zero-order chi connectivity index (χ0) is 100. The van der Waals surface area contributed by atoms with E-state index in [-0.39, 0.29) is 92.1 Å². The smallest absolute Gasteiger partial charge is 0.868 e. The average molecular weight is 1900 g/mol. The Labute approximate surface area is 870 Å². The van der Waals surface area contributed by atoms with Crippen LogP contribution in [0.1, 0.15) is 22.8 Å². The maximum Gasteiger partial charge on any atom is 1.00 e. The van der Waals surface area contributed by atoms with Crippen molar-refractivity contribution in [2.24, 2.45) is 0 Å². The van der Waals surface area contributed by atoms with Gasteiger partial charge in [-0.1, -0.05) is 341 Å². The quantitative estimate of drug-likeness (QED) is 0.0401. The Balaban J connectivity index is 0.000000130. The number of rotatable bonds is 15. The van der Waals surface area contributed by atoms with Crippen molar-refractivity contribution in [3.8, 4) is 125 Å². The van der Waals surface area contributed by atoms with Gasteiger partial charge in [-0.15, -0.1) is 9.97 Å². The van der Waals surface area contributed by atoms with Crippen molar-refractivity contribution in [3.05, 3.63) is 519 Å². The number of hydrogen-bond acceptors (Lipinski definition) is 14. The second-order valence-corrected chi connectivity index (χ2v) is 34.9. The van der Waals surface area contributed by atoms with Gasteiger partial charge >= 0.3 is 30.5 Å². The topological polar surface area (TPSA) is 243 Å². The SMILES string of the molecule is [C-]#[N+]c1nc2c(nc1C#N)c1nc(C#N)c(C#N)nc1c1nc(C#N)c([N+]#[C-])nc12.[Li+].[O-]c1cccc2ccc[nH+]c12.c1ccc(-c2c3ccccc3c(-c3ccccc3)c3cc(-c4ccc5c(c4)c4cnccc4n5-c4ccccc4)ccc23)cc1.c1ccc(-c2ccc(N(c3ccc(-c4ccccc4)cc3)c3ccc(-c4ccc(N(c5ccc(-c6ccccc6)cc5)c5ccc(-c6ccccc6)cc5)cc4)cc3)cc2)cc1. The van der Waals surface area contributed by atoms with E-state index < -0.39 is 0 Å². The van der Waals surface area contributed by atoms with Crippen LogP contribution < -0.4 is 38.8 Å². The molecule has 6 heterocycles. The van der Waals surface area contributed by atoms with Crippen molar-refractivity contribution in [3.63, 3.8) is 0 Å². The number of nitriles is 4. The Bertz CT molecular complexity index is 8880. The van der Waals surface area contributed by atoms with Gasteiger partial charge in [0.25, 0.3) is 0 Å². The first kappa shape index (κ1) is 94.3. The van der Waals surface area contributed by atoms with Crippen LogP contribution in [0, 0.1) is 58.5 Å². The van der Waals surface area contributed by atoms with Gasteiger partial charge in [0, 0.05) is 74.4 Å². The molecule has 25 rings (SSSR count). The number of hydrogen-bond donors (Lipinski definition) is 0. The molecule has 19 heteroatoms. The van der Waals surface area contributed by atoms with E-state index >= 15 is 0 Å². The first-order valence-electron chi connectivity index (χ1n) is 47.7. The van der Waals surface area contributed by atoms with Gasteiger partial charge in [-0.05, 0) is 238 Å². The molecule has 0 atom stereocenters. The van der Waals surface area contributed by atoms with E-state index in [1.165, 1.54) is 110 Å². The summed E-state index contributed by atoms with van der Waals surface area (Å²) in [6.45, 7) is 14.5. The van der Waals surface area contributed by atoms with Crippen LogP contribution in [-0.4, -0.2) is 39.5 Å². The monoisotopic (exact) mass is 1900 g/mol. The molecule has 0 aliphatic rings. The molecule has 0 saturated carbocycles. The third-order valence-electron chi connectivity index (χ3n) is 26.2. The number of benzene rings is 19. The van der Waals surface area contributed by atoms with E-state index in [0.717, 1.165) is 67.2 Å². The van der Waals surface area contributed by atoms with Crippen LogP contribution in [0.15, 0.2) is 474 Å². The number of nitrogens with one attached hydrogen (secondary N) is 1. The number of aromatic nitrogens is 9. The molecule has 0 radical (unpaired) electrons. The summed E-state index contributed by atoms with van der Waals surface area (Å²) in [5.41, 5.74) is 28.9. The molecule has 1 N–H and O–H groups in total. The molecule has 0 spiro atoms. The second kappa shape index (κ2) is 42.4. The third kappa shape index (κ3) is 18.9. The van der Waals surface area contributed by atoms with Crippen LogP contribution in [0.5, 0.6) is 5.75 Å². The standard InChI is InChI=1S/C60H44N2.C43H28N2.C18N12.C9H7NO.Li/c1-5-13-45(14-6-1)49-21-33-55(34-22-49)61(56-35-23-50(24-36-56)46-15-7-2-8-16-46)59-41-29-53(30-42-59)54-31-43-60(44-32-54)62(57-37-25-51(26-38-57)47-17-9-3-10-18-47)58-39-27-52(28-40-58)48-19-11-4-12-20-48;1-4-12-29(13-5-1)42-34-18-10-11-19-35(34)43(30-14-6-2-7-15-30)38-27-31(20-22-36(38)42)32-21-23-40-37(26-32)39-28-44-25-24-41(39)45(40)33-16-8-3-9-17-33;1-23-17-9(5-21)27-13-11-12(26-8(4-20)7(3-19)25-11)14-16(15(13)29-17)30-18(24-2)10(6-22)28-14;11-8-5-1-3-7-4-2-6-10-9(7)8;/h1-44H;1-28H;;1-6,11H;/q;;;;+1. The van der Waals surface area contributed by atoms with Crippen molar-refractivity contribution in [2.45, 2.75) is 0 Å². The Morgan fingerprint density at radius 1 is 0.268 bits per heavy atom. The largest absolute Gasteiger partial charge is 1.00 e. The van der Waals surface area contributed by atoms with Crippen molar-refractivity contribution in [2.75, 3.05) is 9.80 Å². The Morgan fingerprint density at radius 2 is 0.564 bits per heavy atom. The van der Waals surface area contributed by atoms with Crippen molar-refractivity contribution >= 4 is 133 Å². The number of H-pyrrole nitrogens is 1. The number of nitrogens with zero attached hydrogens (tertiary/aromatic N) is 16. The summed E-state index contributed by atoms with van der Waals surface area (Å²) < 4.78 is 2.34. The predicted octanol–water partition coefficient (Wildman–Crippen LogP) is 28.3.